The molecule has 1 aromatic heterocycles. The smallest absolute Gasteiger partial charge is 0.367 e. The van der Waals surface area contributed by atoms with E-state index in [1.165, 1.54) is 24.3 Å². The average Bonchev–Trinajstić information content (AvgIpc) is 3.09. The molecule has 0 bridgehead atoms. The van der Waals surface area contributed by atoms with Crippen molar-refractivity contribution in [3.05, 3.63) is 45.9 Å². The number of benzene rings is 1. The molecular weight excluding hydrogens is 380 g/mol. The van der Waals surface area contributed by atoms with Gasteiger partial charge in [0, 0.05) is 11.9 Å². The van der Waals surface area contributed by atoms with E-state index in [1.807, 2.05) is 0 Å². The number of esters is 2. The van der Waals surface area contributed by atoms with Crippen LogP contribution in [0.2, 0.25) is 0 Å². The fourth-order valence-electron chi connectivity index (χ4n) is 1.95. The van der Waals surface area contributed by atoms with Gasteiger partial charge >= 0.3 is 11.9 Å². The number of nitrogens with zero attached hydrogens (tertiary/aromatic N) is 1. The molecule has 0 aliphatic rings. The SMILES string of the molecule is CCNS(=O)(=O)c1cccc(C(=O)OCc2csc(C(=O)OCC)n2)c1. The summed E-state index contributed by atoms with van der Waals surface area (Å²) >= 11 is 1.09. The molecule has 1 N–H and O–H groups in total. The van der Waals surface area contributed by atoms with E-state index in [1.54, 1.807) is 19.2 Å². The first-order chi connectivity index (χ1) is 12.4. The summed E-state index contributed by atoms with van der Waals surface area (Å²) in [4.78, 5) is 27.7. The molecule has 0 aliphatic heterocycles. The zero-order valence-electron chi connectivity index (χ0n) is 14.2. The van der Waals surface area contributed by atoms with Crippen molar-refractivity contribution in [2.24, 2.45) is 0 Å². The Balaban J connectivity index is 2.04. The van der Waals surface area contributed by atoms with Gasteiger partial charge in [0.15, 0.2) is 0 Å². The van der Waals surface area contributed by atoms with Gasteiger partial charge in [-0.05, 0) is 25.1 Å². The molecule has 0 spiro atoms. The van der Waals surface area contributed by atoms with E-state index >= 15 is 0 Å². The van der Waals surface area contributed by atoms with Crippen molar-refractivity contribution >= 4 is 33.3 Å². The van der Waals surface area contributed by atoms with Gasteiger partial charge in [0.25, 0.3) is 0 Å². The first-order valence-corrected chi connectivity index (χ1v) is 10.1. The van der Waals surface area contributed by atoms with E-state index in [0.29, 0.717) is 5.69 Å². The van der Waals surface area contributed by atoms with Gasteiger partial charge in [0.1, 0.15) is 6.61 Å². The molecule has 0 saturated carbocycles. The lowest BCUT2D eigenvalue weighted by Gasteiger charge is -2.07. The molecule has 0 aliphatic carbocycles. The van der Waals surface area contributed by atoms with E-state index < -0.39 is 22.0 Å². The largest absolute Gasteiger partial charge is 0.461 e. The normalized spacial score (nSPS) is 11.2. The minimum Gasteiger partial charge on any atom is -0.461 e. The highest BCUT2D eigenvalue weighted by molar-refractivity contribution is 7.89. The van der Waals surface area contributed by atoms with Crippen LogP contribution in [0, 0.1) is 0 Å². The lowest BCUT2D eigenvalue weighted by molar-refractivity contribution is 0.0468. The maximum atomic E-state index is 12.1. The van der Waals surface area contributed by atoms with Gasteiger partial charge in [-0.2, -0.15) is 0 Å². The van der Waals surface area contributed by atoms with Crippen molar-refractivity contribution in [1.29, 1.82) is 0 Å². The number of hydrogen-bond acceptors (Lipinski definition) is 8. The molecule has 140 valence electrons. The molecule has 0 unspecified atom stereocenters. The third-order valence-corrected chi connectivity index (χ3v) is 5.48. The van der Waals surface area contributed by atoms with Gasteiger partial charge in [-0.25, -0.2) is 27.7 Å². The van der Waals surface area contributed by atoms with Crippen LogP contribution >= 0.6 is 11.3 Å². The lowest BCUT2D eigenvalue weighted by atomic mass is 10.2. The van der Waals surface area contributed by atoms with Crippen LogP contribution in [0.15, 0.2) is 34.5 Å². The van der Waals surface area contributed by atoms with Gasteiger partial charge < -0.3 is 9.47 Å². The molecule has 2 aromatic rings. The molecule has 1 aromatic carbocycles. The second-order valence-electron chi connectivity index (χ2n) is 4.97. The molecule has 0 amide bonds. The minimum absolute atomic E-state index is 0.0212. The van der Waals surface area contributed by atoms with Crippen LogP contribution in [0.4, 0.5) is 0 Å². The van der Waals surface area contributed by atoms with Gasteiger partial charge in [0.05, 0.1) is 22.8 Å². The summed E-state index contributed by atoms with van der Waals surface area (Å²) in [7, 11) is -3.67. The van der Waals surface area contributed by atoms with Crippen LogP contribution in [-0.4, -0.2) is 38.5 Å². The van der Waals surface area contributed by atoms with Crippen molar-refractivity contribution < 1.29 is 27.5 Å². The van der Waals surface area contributed by atoms with E-state index in [0.717, 1.165) is 11.3 Å². The number of nitrogens with one attached hydrogen (secondary N) is 1. The van der Waals surface area contributed by atoms with Crippen molar-refractivity contribution in [3.8, 4) is 0 Å². The first-order valence-electron chi connectivity index (χ1n) is 7.75. The Kier molecular flexibility index (Phi) is 6.83. The standard InChI is InChI=1S/C16H18N2O6S2/c1-3-17-26(21,22)13-7-5-6-11(8-13)15(19)24-9-12-10-25-14(18-12)16(20)23-4-2/h5-8,10,17H,3-4,9H2,1-2H3. The highest BCUT2D eigenvalue weighted by Crippen LogP contribution is 2.15. The zero-order chi connectivity index (χ0) is 19.2. The molecule has 0 saturated heterocycles. The van der Waals surface area contributed by atoms with Crippen LogP contribution in [0.3, 0.4) is 0 Å². The fourth-order valence-corrected chi connectivity index (χ4v) is 3.73. The number of rotatable bonds is 8. The predicted molar refractivity (Wildman–Crippen MR) is 94.5 cm³/mol. The number of hydrogen-bond donors (Lipinski definition) is 1. The molecule has 10 heteroatoms. The third-order valence-electron chi connectivity index (χ3n) is 3.07. The zero-order valence-corrected chi connectivity index (χ0v) is 15.9. The summed E-state index contributed by atoms with van der Waals surface area (Å²) in [6.07, 6.45) is 0. The fraction of sp³-hybridized carbons (Fsp3) is 0.312. The van der Waals surface area contributed by atoms with Crippen molar-refractivity contribution in [3.63, 3.8) is 0 Å². The topological polar surface area (TPSA) is 112 Å². The van der Waals surface area contributed by atoms with Gasteiger partial charge in [0.2, 0.25) is 15.0 Å². The maximum Gasteiger partial charge on any atom is 0.367 e. The molecule has 8 nitrogen and oxygen atoms in total. The highest BCUT2D eigenvalue weighted by Gasteiger charge is 2.17. The van der Waals surface area contributed by atoms with Crippen LogP contribution in [-0.2, 0) is 26.1 Å². The number of carbonyl (C=O) groups is 2. The van der Waals surface area contributed by atoms with E-state index in [-0.39, 0.29) is 35.2 Å². The quantitative estimate of drug-likeness (QED) is 0.677. The Labute approximate surface area is 155 Å². The highest BCUT2D eigenvalue weighted by atomic mass is 32.2. The van der Waals surface area contributed by atoms with Gasteiger partial charge in [-0.3, -0.25) is 0 Å². The molecule has 0 fully saturated rings. The number of aromatic nitrogens is 1. The third kappa shape index (κ3) is 5.10. The van der Waals surface area contributed by atoms with E-state index in [9.17, 15) is 18.0 Å². The number of sulfonamides is 1. The Hall–Kier alpha value is -2.30. The minimum atomic E-state index is -3.67. The second-order valence-corrected chi connectivity index (χ2v) is 7.59. The maximum absolute atomic E-state index is 12.1. The van der Waals surface area contributed by atoms with E-state index in [2.05, 4.69) is 9.71 Å². The Morgan fingerprint density at radius 3 is 2.65 bits per heavy atom. The number of carbonyl (C=O) groups excluding carboxylic acids is 2. The van der Waals surface area contributed by atoms with Gasteiger partial charge in [-0.1, -0.05) is 13.0 Å². The van der Waals surface area contributed by atoms with E-state index in [4.69, 9.17) is 9.47 Å². The monoisotopic (exact) mass is 398 g/mol. The van der Waals surface area contributed by atoms with Crippen molar-refractivity contribution in [2.75, 3.05) is 13.2 Å². The Bertz CT molecular complexity index is 892. The first kappa shape index (κ1) is 20.0. The van der Waals surface area contributed by atoms with Crippen LogP contribution < -0.4 is 4.72 Å². The van der Waals surface area contributed by atoms with Crippen molar-refractivity contribution in [2.45, 2.75) is 25.3 Å². The summed E-state index contributed by atoms with van der Waals surface area (Å²) in [5, 5.41) is 1.77. The summed E-state index contributed by atoms with van der Waals surface area (Å²) in [5.41, 5.74) is 0.507. The molecule has 0 atom stereocenters. The summed E-state index contributed by atoms with van der Waals surface area (Å²) in [6.45, 7) is 3.70. The van der Waals surface area contributed by atoms with Crippen LogP contribution in [0.25, 0.3) is 0 Å². The summed E-state index contributed by atoms with van der Waals surface area (Å²) in [6, 6.07) is 5.55. The molecule has 2 rings (SSSR count). The second kappa shape index (κ2) is 8.88. The summed E-state index contributed by atoms with van der Waals surface area (Å²) in [5.74, 6) is -1.22. The predicted octanol–water partition coefficient (Wildman–Crippen LogP) is 1.98. The number of thiazole rings is 1. The Morgan fingerprint density at radius 2 is 1.96 bits per heavy atom. The summed E-state index contributed by atoms with van der Waals surface area (Å²) < 4.78 is 36.3. The van der Waals surface area contributed by atoms with Crippen molar-refractivity contribution in [1.82, 2.24) is 9.71 Å². The van der Waals surface area contributed by atoms with Crippen LogP contribution in [0.5, 0.6) is 0 Å². The average molecular weight is 398 g/mol. The molecular formula is C16H18N2O6S2. The Morgan fingerprint density at radius 1 is 1.19 bits per heavy atom. The number of ether oxygens (including phenoxy) is 2. The van der Waals surface area contributed by atoms with Gasteiger partial charge in [-0.15, -0.1) is 11.3 Å². The lowest BCUT2D eigenvalue weighted by Crippen LogP contribution is -2.23. The molecule has 1 heterocycles. The molecule has 26 heavy (non-hydrogen) atoms. The van der Waals surface area contributed by atoms with Crippen LogP contribution in [0.1, 0.15) is 39.7 Å². The molecule has 0 radical (unpaired) electrons.